The predicted molar refractivity (Wildman–Crippen MR) is 212 cm³/mol. The number of nitrogens with zero attached hydrogens (tertiary/aromatic N) is 6. The lowest BCUT2D eigenvalue weighted by Crippen LogP contribution is -2.49. The number of aromatic hydroxyl groups is 2. The minimum absolute atomic E-state index is 0.0347. The van der Waals surface area contributed by atoms with Crippen LogP contribution in [-0.4, -0.2) is 95.7 Å². The number of methoxy groups -OCH3 is 4. The largest absolute Gasteiger partial charge is 0.508 e. The molecule has 7 rings (SSSR count). The first-order valence-corrected chi connectivity index (χ1v) is 18.3. The Morgan fingerprint density at radius 1 is 0.719 bits per heavy atom. The summed E-state index contributed by atoms with van der Waals surface area (Å²) in [6, 6.07) is 19.9. The van der Waals surface area contributed by atoms with Gasteiger partial charge in [-0.25, -0.2) is 4.79 Å². The first kappa shape index (κ1) is 38.4. The van der Waals surface area contributed by atoms with Crippen molar-refractivity contribution in [1.29, 1.82) is 0 Å². The fourth-order valence-corrected chi connectivity index (χ4v) is 6.99. The van der Waals surface area contributed by atoms with E-state index in [9.17, 15) is 15.0 Å². The summed E-state index contributed by atoms with van der Waals surface area (Å²) in [4.78, 5) is 17.4. The fourth-order valence-electron chi connectivity index (χ4n) is 6.99. The van der Waals surface area contributed by atoms with Gasteiger partial charge in [-0.3, -0.25) is 4.57 Å². The topological polar surface area (TPSA) is 167 Å². The van der Waals surface area contributed by atoms with Gasteiger partial charge in [0.05, 0.1) is 40.2 Å². The molecule has 15 heteroatoms. The van der Waals surface area contributed by atoms with Crippen LogP contribution in [0.15, 0.2) is 77.4 Å². The molecule has 0 spiro atoms. The quantitative estimate of drug-likeness (QED) is 0.133. The van der Waals surface area contributed by atoms with Crippen molar-refractivity contribution < 1.29 is 43.2 Å². The van der Waals surface area contributed by atoms with Gasteiger partial charge in [0.25, 0.3) is 0 Å². The monoisotopic (exact) mass is 776 g/mol. The molecule has 1 aliphatic heterocycles. The number of hydrogen-bond acceptors (Lipinski definition) is 13. The molecule has 1 amide bonds. The van der Waals surface area contributed by atoms with Gasteiger partial charge in [0.1, 0.15) is 17.3 Å². The van der Waals surface area contributed by atoms with E-state index in [1.807, 2.05) is 55.7 Å². The second-order valence-corrected chi connectivity index (χ2v) is 13.7. The summed E-state index contributed by atoms with van der Waals surface area (Å²) < 4.78 is 35.6. The minimum Gasteiger partial charge on any atom is -0.508 e. The number of anilines is 1. The van der Waals surface area contributed by atoms with E-state index in [0.29, 0.717) is 94.4 Å². The number of aromatic nitrogens is 4. The van der Waals surface area contributed by atoms with Gasteiger partial charge >= 0.3 is 6.09 Å². The van der Waals surface area contributed by atoms with Gasteiger partial charge in [0, 0.05) is 54.7 Å². The van der Waals surface area contributed by atoms with Crippen molar-refractivity contribution in [3.63, 3.8) is 0 Å². The number of hydrogen-bond donors (Lipinski definition) is 2. The lowest BCUT2D eigenvalue weighted by atomic mass is 9.98. The molecule has 0 unspecified atom stereocenters. The van der Waals surface area contributed by atoms with Gasteiger partial charge < -0.3 is 48.2 Å². The van der Waals surface area contributed by atoms with Crippen LogP contribution < -0.4 is 28.6 Å². The Morgan fingerprint density at radius 3 is 2.00 bits per heavy atom. The Kier molecular flexibility index (Phi) is 10.8. The highest BCUT2D eigenvalue weighted by atomic mass is 16.6. The van der Waals surface area contributed by atoms with Crippen LogP contribution in [0.4, 0.5) is 10.5 Å². The number of ether oxygens (including phenoxy) is 5. The predicted octanol–water partition coefficient (Wildman–Crippen LogP) is 7.45. The lowest BCUT2D eigenvalue weighted by molar-refractivity contribution is 0.148. The van der Waals surface area contributed by atoms with E-state index in [2.05, 4.69) is 20.3 Å². The van der Waals surface area contributed by atoms with Crippen LogP contribution in [0.1, 0.15) is 31.2 Å². The van der Waals surface area contributed by atoms with E-state index in [4.69, 9.17) is 28.2 Å². The van der Waals surface area contributed by atoms with Crippen molar-refractivity contribution in [3.8, 4) is 79.8 Å². The maximum Gasteiger partial charge on any atom is 0.415 e. The average molecular weight is 777 g/mol. The molecular weight excluding hydrogens is 732 g/mol. The molecule has 1 fully saturated rings. The van der Waals surface area contributed by atoms with Crippen LogP contribution in [0.25, 0.3) is 39.5 Å². The normalized spacial score (nSPS) is 12.8. The zero-order valence-electron chi connectivity index (χ0n) is 32.8. The molecule has 0 saturated carbocycles. The standard InChI is InChI=1S/C42H44N6O9/c1-24(2)30-21-31(34(50)22-33(30)49)41-45-44-25(3)48(41)29-11-9-28(10-12-29)46-14-16-47(17-15-46)42(51)56-36-18-26(8-13-35(36)52-4)32-23-43-57-39(32)27-19-37(53-5)40(55-7)38(20-27)54-6/h8-13,18-24,49-50H,14-17H2,1-7H3. The maximum absolute atomic E-state index is 13.5. The van der Waals surface area contributed by atoms with Crippen molar-refractivity contribution in [1.82, 2.24) is 24.8 Å². The van der Waals surface area contributed by atoms with Crippen molar-refractivity contribution in [2.45, 2.75) is 26.7 Å². The molecule has 6 aromatic rings. The molecule has 57 heavy (non-hydrogen) atoms. The number of aryl methyl sites for hydroxylation is 1. The number of phenols is 2. The third-order valence-electron chi connectivity index (χ3n) is 10.0. The second-order valence-electron chi connectivity index (χ2n) is 13.7. The highest BCUT2D eigenvalue weighted by Crippen LogP contribution is 2.44. The van der Waals surface area contributed by atoms with E-state index < -0.39 is 6.09 Å². The first-order valence-electron chi connectivity index (χ1n) is 18.3. The number of piperazine rings is 1. The van der Waals surface area contributed by atoms with Crippen LogP contribution in [-0.2, 0) is 0 Å². The number of rotatable bonds is 11. The van der Waals surface area contributed by atoms with E-state index in [-0.39, 0.29) is 23.2 Å². The third-order valence-corrected chi connectivity index (χ3v) is 10.0. The van der Waals surface area contributed by atoms with Gasteiger partial charge in [-0.2, -0.15) is 0 Å². The highest BCUT2D eigenvalue weighted by molar-refractivity contribution is 5.83. The number of carbonyl (C=O) groups excluding carboxylic acids is 1. The van der Waals surface area contributed by atoms with Crippen LogP contribution in [0.5, 0.6) is 40.2 Å². The summed E-state index contributed by atoms with van der Waals surface area (Å²) >= 11 is 0. The van der Waals surface area contributed by atoms with Crippen molar-refractivity contribution in [2.24, 2.45) is 0 Å². The summed E-state index contributed by atoms with van der Waals surface area (Å²) in [6.07, 6.45) is 1.09. The maximum atomic E-state index is 13.5. The van der Waals surface area contributed by atoms with Gasteiger partial charge in [-0.05, 0) is 78.6 Å². The summed E-state index contributed by atoms with van der Waals surface area (Å²) in [7, 11) is 6.13. The summed E-state index contributed by atoms with van der Waals surface area (Å²) in [5.41, 5.74) is 4.97. The molecule has 15 nitrogen and oxygen atoms in total. The molecule has 2 N–H and O–H groups in total. The third kappa shape index (κ3) is 7.43. The molecule has 1 saturated heterocycles. The van der Waals surface area contributed by atoms with Crippen molar-refractivity contribution in [2.75, 3.05) is 59.5 Å². The van der Waals surface area contributed by atoms with Crippen LogP contribution in [0, 0.1) is 6.92 Å². The van der Waals surface area contributed by atoms with Crippen LogP contribution >= 0.6 is 0 Å². The molecule has 296 valence electrons. The van der Waals surface area contributed by atoms with Gasteiger partial charge in [0.15, 0.2) is 34.6 Å². The zero-order valence-corrected chi connectivity index (χ0v) is 32.8. The number of carbonyl (C=O) groups is 1. The first-order chi connectivity index (χ1) is 27.5. The number of phenolic OH excluding ortho intramolecular Hbond substituents is 2. The Morgan fingerprint density at radius 2 is 1.37 bits per heavy atom. The Hall–Kier alpha value is -6.90. The lowest BCUT2D eigenvalue weighted by Gasteiger charge is -2.35. The summed E-state index contributed by atoms with van der Waals surface area (Å²) in [6.45, 7) is 7.83. The Labute approximate surface area is 329 Å². The van der Waals surface area contributed by atoms with E-state index in [0.717, 1.165) is 11.4 Å². The molecule has 0 aliphatic carbocycles. The Balaban J connectivity index is 1.04. The molecule has 1 aliphatic rings. The van der Waals surface area contributed by atoms with Crippen LogP contribution in [0.2, 0.25) is 0 Å². The number of benzene rings is 4. The highest BCUT2D eigenvalue weighted by Gasteiger charge is 2.26. The van der Waals surface area contributed by atoms with Gasteiger partial charge in [-0.1, -0.05) is 25.1 Å². The molecule has 0 atom stereocenters. The fraction of sp³-hybridized carbons (Fsp3) is 0.286. The molecular formula is C42H44N6O9. The van der Waals surface area contributed by atoms with Gasteiger partial charge in [0.2, 0.25) is 5.75 Å². The molecule has 2 aromatic heterocycles. The molecule has 0 radical (unpaired) electrons. The van der Waals surface area contributed by atoms with Crippen molar-refractivity contribution in [3.05, 3.63) is 84.3 Å². The minimum atomic E-state index is -0.496. The molecule has 4 aromatic carbocycles. The average Bonchev–Trinajstić information content (AvgIpc) is 3.87. The summed E-state index contributed by atoms with van der Waals surface area (Å²) in [5, 5.41) is 33.8. The van der Waals surface area contributed by atoms with E-state index in [1.54, 1.807) is 41.4 Å². The molecule has 3 heterocycles. The second kappa shape index (κ2) is 16.1. The number of amides is 1. The summed E-state index contributed by atoms with van der Waals surface area (Å²) in [5.74, 6) is 3.57. The van der Waals surface area contributed by atoms with E-state index >= 15 is 0 Å². The van der Waals surface area contributed by atoms with Crippen LogP contribution in [0.3, 0.4) is 0 Å². The Bertz CT molecular complexity index is 2370. The van der Waals surface area contributed by atoms with Crippen molar-refractivity contribution >= 4 is 11.8 Å². The smallest absolute Gasteiger partial charge is 0.415 e. The van der Waals surface area contributed by atoms with Gasteiger partial charge in [-0.15, -0.1) is 10.2 Å². The van der Waals surface area contributed by atoms with E-state index in [1.165, 1.54) is 34.5 Å². The molecule has 0 bridgehead atoms. The zero-order chi connectivity index (χ0) is 40.4. The SMILES string of the molecule is COc1ccc(-c2cnoc2-c2cc(OC)c(OC)c(OC)c2)cc1OC(=O)N1CCN(c2ccc(-n3c(C)nnc3-c3cc(C(C)C)c(O)cc3O)cc2)CC1.